The summed E-state index contributed by atoms with van der Waals surface area (Å²) < 4.78 is 1.54. The van der Waals surface area contributed by atoms with Gasteiger partial charge in [0.2, 0.25) is 17.7 Å². The van der Waals surface area contributed by atoms with E-state index < -0.39 is 39.3 Å². The number of likely N-dealkylation sites (tertiary alicyclic amines) is 3. The van der Waals surface area contributed by atoms with E-state index in [1.165, 1.54) is 10.4 Å². The third-order valence-corrected chi connectivity index (χ3v) is 23.5. The molecule has 0 spiro atoms. The summed E-state index contributed by atoms with van der Waals surface area (Å²) in [6, 6.07) is 92.0. The number of carbonyl (C=O) groups excluding carboxylic acids is 3. The van der Waals surface area contributed by atoms with Gasteiger partial charge in [0.15, 0.2) is 17.5 Å². The van der Waals surface area contributed by atoms with Crippen molar-refractivity contribution in [3.05, 3.63) is 375 Å². The summed E-state index contributed by atoms with van der Waals surface area (Å²) in [5.74, 6) is 0.751. The van der Waals surface area contributed by atoms with Gasteiger partial charge in [0, 0.05) is 72.3 Å². The van der Waals surface area contributed by atoms with E-state index in [9.17, 15) is 14.4 Å². The molecular weight excluding hydrogens is 1540 g/mol. The van der Waals surface area contributed by atoms with Crippen LogP contribution in [0.1, 0.15) is 148 Å². The number of hydrogen-bond acceptors (Lipinski definition) is 15. The predicted octanol–water partition coefficient (Wildman–Crippen LogP) is 14.2. The monoisotopic (exact) mass is 1640 g/mol. The number of H-pyrrole nitrogens is 1. The molecule has 7 N–H and O–H groups in total. The second kappa shape index (κ2) is 42.3. The zero-order valence-electron chi connectivity index (χ0n) is 64.3. The number of nitrogens with one attached hydrogen (secondary N) is 1. The minimum atomic E-state index is -0.748. The minimum Gasteiger partial charge on any atom is -0.369 e. The SMILES string of the molecule is C.C.C.NC(=O)CBr.[C-]#[N+]C(CCN1CCC(c2ccccc2)(c2nn[nH]n2)CC1)(c1ccccc1)c1ccccc1.[C-]#[N+]C(CCN1CCC(c2ccccc2)(c2nnn(CC(N)=O)n2)CC1)(c1ccccc1)c1ccccc1.[C-]#[N+]C(CCN1CCC(c2ccccc2)(c2nnnn2CC(N)=O)CC1)(c1ccccc1)c1ccccc1. The highest BCUT2D eigenvalue weighted by Gasteiger charge is 2.49. The van der Waals surface area contributed by atoms with Gasteiger partial charge in [-0.25, -0.2) is 24.4 Å². The van der Waals surface area contributed by atoms with Crippen molar-refractivity contribution in [1.29, 1.82) is 0 Å². The average molecular weight is 1650 g/mol. The summed E-state index contributed by atoms with van der Waals surface area (Å²) in [5.41, 5.74) is 21.9. The van der Waals surface area contributed by atoms with Crippen LogP contribution in [-0.4, -0.2) is 158 Å². The van der Waals surface area contributed by atoms with Gasteiger partial charge in [-0.05, 0) is 110 Å². The number of alkyl halides is 1. The quantitative estimate of drug-likeness (QED) is 0.0289. The third-order valence-electron chi connectivity index (χ3n) is 22.9. The molecule has 3 aliphatic rings. The van der Waals surface area contributed by atoms with Gasteiger partial charge in [0.25, 0.3) is 16.6 Å². The van der Waals surface area contributed by atoms with Crippen LogP contribution in [0.3, 0.4) is 0 Å². The molecule has 3 saturated heterocycles. The first kappa shape index (κ1) is 89.4. The number of nitrogens with zero attached hydrogens (tertiary/aromatic N) is 17. The first-order chi connectivity index (χ1) is 56.2. The first-order valence-corrected chi connectivity index (χ1v) is 39.8. The molecule has 3 aliphatic heterocycles. The van der Waals surface area contributed by atoms with E-state index in [0.29, 0.717) is 24.5 Å². The van der Waals surface area contributed by atoms with Crippen molar-refractivity contribution < 1.29 is 14.4 Å². The maximum Gasteiger partial charge on any atom is 0.283 e. The minimum absolute atomic E-state index is 0. The molecule has 0 unspecified atom stereocenters. The number of aromatic amines is 1. The fourth-order valence-corrected chi connectivity index (χ4v) is 16.6. The van der Waals surface area contributed by atoms with Gasteiger partial charge in [-0.1, -0.05) is 316 Å². The Labute approximate surface area is 701 Å². The van der Waals surface area contributed by atoms with Crippen LogP contribution in [-0.2, 0) is 60.3 Å². The fourth-order valence-electron chi connectivity index (χ4n) is 16.6. The van der Waals surface area contributed by atoms with E-state index in [2.05, 4.69) is 224 Å². The number of tetrazole rings is 3. The predicted molar refractivity (Wildman–Crippen MR) is 465 cm³/mol. The van der Waals surface area contributed by atoms with E-state index in [-0.39, 0.29) is 52.0 Å². The third kappa shape index (κ3) is 20.4. The largest absolute Gasteiger partial charge is 0.369 e. The zero-order chi connectivity index (χ0) is 80.4. The first-order valence-electron chi connectivity index (χ1n) is 38.7. The van der Waals surface area contributed by atoms with Gasteiger partial charge in [-0.2, -0.15) is 10.0 Å². The number of amides is 3. The van der Waals surface area contributed by atoms with E-state index >= 15 is 0 Å². The van der Waals surface area contributed by atoms with Crippen molar-refractivity contribution in [3.63, 3.8) is 0 Å². The standard InChI is InChI=1S/2C30H31N7O.C28H28N6.C2H4BrNO.3CH4/c1-32-30(25-13-7-3-8-14-25,26-15-9-4-10-16-26)19-22-36-20-17-29(18-21-36,24-11-5-2-6-12-24)28-33-34-35-37(28)23-27(31)38;1-32-30(25-13-7-3-8-14-25,26-15-9-4-10-16-26)19-22-36-20-17-29(18-21-36,24-11-5-2-6-12-24)28-33-35-37(34-28)23-27(31)38;1-29-28(24-13-7-3-8-14-24,25-15-9-4-10-16-25)19-22-34-20-17-27(18-21-34,26-30-32-33-31-26)23-11-5-2-6-12-23;3-1-2(4)5;;;/h2*2-16H,17-23H2,(H2,31,38);2-16H,17-22H2,(H,30,31,32,33);1H2,(H2,4,5);3*1H4. The fraction of sp³-hybridized carbons (Fsp3) is 0.323. The van der Waals surface area contributed by atoms with Crippen molar-refractivity contribution in [2.75, 3.05) is 64.2 Å². The number of rotatable bonds is 26. The molecule has 6 heterocycles. The molecule has 0 radical (unpaired) electrons. The van der Waals surface area contributed by atoms with Crippen LogP contribution in [0.2, 0.25) is 0 Å². The van der Waals surface area contributed by atoms with Gasteiger partial charge < -0.3 is 31.9 Å². The number of halogens is 1. The summed E-state index contributed by atoms with van der Waals surface area (Å²) in [7, 11) is 0. The highest BCUT2D eigenvalue weighted by atomic mass is 79.9. The Morgan fingerprint density at radius 1 is 0.390 bits per heavy atom. The Balaban J connectivity index is 0.000000194. The van der Waals surface area contributed by atoms with Crippen LogP contribution in [0.25, 0.3) is 14.5 Å². The summed E-state index contributed by atoms with van der Waals surface area (Å²) in [6.45, 7) is 32.2. The molecule has 608 valence electrons. The molecule has 3 fully saturated rings. The lowest BCUT2D eigenvalue weighted by Gasteiger charge is -2.41. The maximum absolute atomic E-state index is 11.7. The van der Waals surface area contributed by atoms with Gasteiger partial charge in [0.05, 0.1) is 21.6 Å². The molecule has 0 bridgehead atoms. The number of hydrogen-bond donors (Lipinski definition) is 4. The molecule has 3 amide bonds. The lowest BCUT2D eigenvalue weighted by atomic mass is 9.71. The van der Waals surface area contributed by atoms with Gasteiger partial charge in [0.1, 0.15) is 13.1 Å². The summed E-state index contributed by atoms with van der Waals surface area (Å²) >= 11 is 2.84. The summed E-state index contributed by atoms with van der Waals surface area (Å²) in [5, 5.41) is 40.9. The lowest BCUT2D eigenvalue weighted by molar-refractivity contribution is -0.119. The van der Waals surface area contributed by atoms with Crippen molar-refractivity contribution in [2.45, 2.75) is 126 Å². The zero-order valence-corrected chi connectivity index (χ0v) is 65.9. The summed E-state index contributed by atoms with van der Waals surface area (Å²) in [6.07, 6.45) is 7.14. The number of aromatic nitrogens is 12. The molecule has 15 rings (SSSR count). The number of benzene rings is 9. The second-order valence-corrected chi connectivity index (χ2v) is 29.9. The molecule has 25 heteroatoms. The number of nitrogens with two attached hydrogens (primary N) is 3. The molecule has 12 aromatic rings. The molecule has 24 nitrogen and oxygen atoms in total. The molecule has 0 aliphatic carbocycles. The van der Waals surface area contributed by atoms with Crippen LogP contribution in [0.15, 0.2) is 273 Å². The molecule has 3 aromatic heterocycles. The molecule has 9 aromatic carbocycles. The van der Waals surface area contributed by atoms with E-state index in [1.54, 1.807) is 4.68 Å². The molecular formula is C93H106BrN21O3. The van der Waals surface area contributed by atoms with Gasteiger partial charge in [-0.3, -0.25) is 28.9 Å². The van der Waals surface area contributed by atoms with Crippen molar-refractivity contribution in [2.24, 2.45) is 17.2 Å². The van der Waals surface area contributed by atoms with Crippen LogP contribution in [0, 0.1) is 19.7 Å². The highest BCUT2D eigenvalue weighted by molar-refractivity contribution is 9.09. The Morgan fingerprint density at radius 2 is 0.678 bits per heavy atom. The Kier molecular flexibility index (Phi) is 32.1. The topological polar surface area (TPSA) is 294 Å². The number of primary amides is 3. The molecule has 0 saturated carbocycles. The van der Waals surface area contributed by atoms with Gasteiger partial charge in [-0.15, -0.1) is 25.5 Å². The van der Waals surface area contributed by atoms with Crippen molar-refractivity contribution in [3.8, 4) is 0 Å². The van der Waals surface area contributed by atoms with Crippen LogP contribution in [0.4, 0.5) is 0 Å². The Morgan fingerprint density at radius 3 is 0.958 bits per heavy atom. The molecule has 0 atom stereocenters. The highest BCUT2D eigenvalue weighted by Crippen LogP contribution is 2.46. The second-order valence-electron chi connectivity index (χ2n) is 29.3. The Hall–Kier alpha value is -12.6. The van der Waals surface area contributed by atoms with E-state index in [0.717, 1.165) is 154 Å². The van der Waals surface area contributed by atoms with Crippen molar-refractivity contribution >= 4 is 33.7 Å². The average Bonchev–Trinajstić information content (AvgIpc) is 1.37. The van der Waals surface area contributed by atoms with Crippen LogP contribution >= 0.6 is 15.9 Å². The van der Waals surface area contributed by atoms with E-state index in [4.69, 9.17) is 31.2 Å². The molecule has 118 heavy (non-hydrogen) atoms. The van der Waals surface area contributed by atoms with Crippen molar-refractivity contribution in [1.82, 2.24) is 75.7 Å². The van der Waals surface area contributed by atoms with Crippen LogP contribution in [0.5, 0.6) is 0 Å². The Bertz CT molecular complexity index is 5030. The smallest absolute Gasteiger partial charge is 0.283 e. The van der Waals surface area contributed by atoms with Crippen LogP contribution < -0.4 is 17.2 Å². The van der Waals surface area contributed by atoms with Gasteiger partial charge >= 0.3 is 0 Å². The normalized spacial score (nSPS) is 15.0. The van der Waals surface area contributed by atoms with E-state index in [1.807, 2.05) is 152 Å². The number of piperidine rings is 3. The summed E-state index contributed by atoms with van der Waals surface area (Å²) in [4.78, 5) is 54.0. The number of carbonyl (C=O) groups is 3. The lowest BCUT2D eigenvalue weighted by Crippen LogP contribution is -2.46. The maximum atomic E-state index is 11.7.